The number of aliphatic hydroxyl groups is 1. The predicted octanol–water partition coefficient (Wildman–Crippen LogP) is 2.01. The standard InChI is InChI=1S/C13H19NO2/c1-9(2)12(15)13(16)10-5-7-11(8-6-10)14(3)4/h5-9,13,16H,1-4H3. The largest absolute Gasteiger partial charge is 0.381 e. The molecule has 0 heterocycles. The van der Waals surface area contributed by atoms with E-state index in [0.29, 0.717) is 5.56 Å². The van der Waals surface area contributed by atoms with Crippen molar-refractivity contribution in [2.45, 2.75) is 20.0 Å². The Hall–Kier alpha value is -1.35. The van der Waals surface area contributed by atoms with Crippen molar-refractivity contribution in [2.75, 3.05) is 19.0 Å². The zero-order valence-corrected chi connectivity index (χ0v) is 10.3. The molecule has 3 nitrogen and oxygen atoms in total. The highest BCUT2D eigenvalue weighted by molar-refractivity contribution is 5.85. The van der Waals surface area contributed by atoms with Crippen LogP contribution in [-0.4, -0.2) is 25.0 Å². The molecule has 0 aromatic heterocycles. The second kappa shape index (κ2) is 5.12. The molecule has 1 aromatic carbocycles. The van der Waals surface area contributed by atoms with Crippen LogP contribution in [0.3, 0.4) is 0 Å². The molecule has 88 valence electrons. The lowest BCUT2D eigenvalue weighted by Gasteiger charge is -2.15. The number of Topliss-reactive ketones (excluding diaryl/α,β-unsaturated/α-hetero) is 1. The van der Waals surface area contributed by atoms with Crippen LogP contribution in [0.2, 0.25) is 0 Å². The maximum Gasteiger partial charge on any atom is 0.168 e. The van der Waals surface area contributed by atoms with E-state index in [9.17, 15) is 9.90 Å². The fourth-order valence-electron chi connectivity index (χ4n) is 1.43. The first-order chi connectivity index (χ1) is 7.43. The number of benzene rings is 1. The van der Waals surface area contributed by atoms with Crippen molar-refractivity contribution < 1.29 is 9.90 Å². The molecule has 0 bridgehead atoms. The molecule has 1 unspecified atom stereocenters. The van der Waals surface area contributed by atoms with E-state index >= 15 is 0 Å². The minimum atomic E-state index is -1.00. The van der Waals surface area contributed by atoms with E-state index in [1.165, 1.54) is 0 Å². The van der Waals surface area contributed by atoms with Gasteiger partial charge in [-0.15, -0.1) is 0 Å². The highest BCUT2D eigenvalue weighted by atomic mass is 16.3. The lowest BCUT2D eigenvalue weighted by molar-refractivity contribution is -0.130. The summed E-state index contributed by atoms with van der Waals surface area (Å²) in [5.41, 5.74) is 1.71. The quantitative estimate of drug-likeness (QED) is 0.845. The minimum Gasteiger partial charge on any atom is -0.381 e. The van der Waals surface area contributed by atoms with Crippen LogP contribution in [0.1, 0.15) is 25.5 Å². The molecule has 1 rings (SSSR count). The summed E-state index contributed by atoms with van der Waals surface area (Å²) >= 11 is 0. The summed E-state index contributed by atoms with van der Waals surface area (Å²) in [5.74, 6) is -0.291. The molecule has 0 saturated heterocycles. The Balaban J connectivity index is 2.85. The van der Waals surface area contributed by atoms with Gasteiger partial charge in [0, 0.05) is 25.7 Å². The Kier molecular flexibility index (Phi) is 4.07. The summed E-state index contributed by atoms with van der Waals surface area (Å²) in [4.78, 5) is 13.6. The van der Waals surface area contributed by atoms with E-state index in [4.69, 9.17) is 0 Å². The van der Waals surface area contributed by atoms with Crippen molar-refractivity contribution in [3.63, 3.8) is 0 Å². The van der Waals surface area contributed by atoms with E-state index in [0.717, 1.165) is 5.69 Å². The third-order valence-electron chi connectivity index (χ3n) is 2.56. The van der Waals surface area contributed by atoms with Crippen molar-refractivity contribution >= 4 is 11.5 Å². The fraction of sp³-hybridized carbons (Fsp3) is 0.462. The molecule has 0 aliphatic carbocycles. The zero-order valence-electron chi connectivity index (χ0n) is 10.3. The van der Waals surface area contributed by atoms with Crippen molar-refractivity contribution in [3.8, 4) is 0 Å². The van der Waals surface area contributed by atoms with Crippen molar-refractivity contribution in [1.29, 1.82) is 0 Å². The van der Waals surface area contributed by atoms with E-state index in [1.807, 2.05) is 31.1 Å². The lowest BCUT2D eigenvalue weighted by Crippen LogP contribution is -2.17. The second-order valence-corrected chi connectivity index (χ2v) is 4.45. The van der Waals surface area contributed by atoms with Gasteiger partial charge in [0.2, 0.25) is 0 Å². The van der Waals surface area contributed by atoms with Crippen LogP contribution in [0.5, 0.6) is 0 Å². The first kappa shape index (κ1) is 12.7. The highest BCUT2D eigenvalue weighted by Crippen LogP contribution is 2.20. The molecular formula is C13H19NO2. The number of carbonyl (C=O) groups excluding carboxylic acids is 1. The molecule has 0 aliphatic rings. The van der Waals surface area contributed by atoms with E-state index in [-0.39, 0.29) is 11.7 Å². The third kappa shape index (κ3) is 2.83. The Morgan fingerprint density at radius 2 is 1.69 bits per heavy atom. The average Bonchev–Trinajstić information content (AvgIpc) is 2.27. The summed E-state index contributed by atoms with van der Waals surface area (Å²) in [7, 11) is 3.90. The molecule has 0 saturated carbocycles. The molecule has 3 heteroatoms. The van der Waals surface area contributed by atoms with Crippen LogP contribution in [-0.2, 0) is 4.79 Å². The molecule has 0 fully saturated rings. The number of rotatable bonds is 4. The minimum absolute atomic E-state index is 0.141. The second-order valence-electron chi connectivity index (χ2n) is 4.45. The van der Waals surface area contributed by atoms with Gasteiger partial charge in [-0.05, 0) is 17.7 Å². The lowest BCUT2D eigenvalue weighted by atomic mass is 9.98. The van der Waals surface area contributed by atoms with Crippen molar-refractivity contribution in [1.82, 2.24) is 0 Å². The molecule has 1 N–H and O–H groups in total. The summed E-state index contributed by atoms with van der Waals surface area (Å²) in [6, 6.07) is 7.37. The normalized spacial score (nSPS) is 12.6. The first-order valence-corrected chi connectivity index (χ1v) is 5.42. The van der Waals surface area contributed by atoms with Gasteiger partial charge < -0.3 is 10.0 Å². The number of aliphatic hydroxyl groups excluding tert-OH is 1. The Morgan fingerprint density at radius 3 is 2.06 bits per heavy atom. The van der Waals surface area contributed by atoms with Crippen molar-refractivity contribution in [3.05, 3.63) is 29.8 Å². The summed E-state index contributed by atoms with van der Waals surface area (Å²) in [5, 5.41) is 9.83. The molecule has 1 atom stereocenters. The summed E-state index contributed by atoms with van der Waals surface area (Å²) in [6.45, 7) is 3.58. The topological polar surface area (TPSA) is 40.5 Å². The van der Waals surface area contributed by atoms with Crippen LogP contribution < -0.4 is 4.90 Å². The Labute approximate surface area is 96.7 Å². The molecule has 0 aliphatic heterocycles. The van der Waals surface area contributed by atoms with Crippen LogP contribution in [0.15, 0.2) is 24.3 Å². The first-order valence-electron chi connectivity index (χ1n) is 5.42. The smallest absolute Gasteiger partial charge is 0.168 e. The molecule has 16 heavy (non-hydrogen) atoms. The maximum atomic E-state index is 11.6. The molecule has 0 amide bonds. The number of nitrogens with zero attached hydrogens (tertiary/aromatic N) is 1. The zero-order chi connectivity index (χ0) is 12.3. The maximum absolute atomic E-state index is 11.6. The number of hydrogen-bond donors (Lipinski definition) is 1. The van der Waals surface area contributed by atoms with Gasteiger partial charge in [0.25, 0.3) is 0 Å². The molecule has 0 radical (unpaired) electrons. The van der Waals surface area contributed by atoms with Crippen LogP contribution in [0, 0.1) is 5.92 Å². The Bertz CT molecular complexity index is 355. The molecule has 0 spiro atoms. The van der Waals surface area contributed by atoms with Gasteiger partial charge in [0.15, 0.2) is 5.78 Å². The summed E-state index contributed by atoms with van der Waals surface area (Å²) in [6.07, 6.45) is -1.00. The predicted molar refractivity (Wildman–Crippen MR) is 65.6 cm³/mol. The van der Waals surface area contributed by atoms with Gasteiger partial charge >= 0.3 is 0 Å². The van der Waals surface area contributed by atoms with E-state index < -0.39 is 6.10 Å². The van der Waals surface area contributed by atoms with Crippen LogP contribution in [0.4, 0.5) is 5.69 Å². The SMILES string of the molecule is CC(C)C(=O)C(O)c1ccc(N(C)C)cc1. The van der Waals surface area contributed by atoms with E-state index in [2.05, 4.69) is 0 Å². The van der Waals surface area contributed by atoms with E-state index in [1.54, 1.807) is 26.0 Å². The van der Waals surface area contributed by atoms with Crippen LogP contribution >= 0.6 is 0 Å². The number of carbonyl (C=O) groups is 1. The van der Waals surface area contributed by atoms with Gasteiger partial charge in [-0.1, -0.05) is 26.0 Å². The fourth-order valence-corrected chi connectivity index (χ4v) is 1.43. The average molecular weight is 221 g/mol. The molecular weight excluding hydrogens is 202 g/mol. The van der Waals surface area contributed by atoms with Crippen molar-refractivity contribution in [2.24, 2.45) is 5.92 Å². The number of ketones is 1. The van der Waals surface area contributed by atoms with Gasteiger partial charge in [-0.2, -0.15) is 0 Å². The Morgan fingerprint density at radius 1 is 1.19 bits per heavy atom. The number of hydrogen-bond acceptors (Lipinski definition) is 3. The number of anilines is 1. The van der Waals surface area contributed by atoms with Gasteiger partial charge in [0.1, 0.15) is 6.10 Å². The van der Waals surface area contributed by atoms with Gasteiger partial charge in [-0.25, -0.2) is 0 Å². The van der Waals surface area contributed by atoms with Gasteiger partial charge in [-0.3, -0.25) is 4.79 Å². The van der Waals surface area contributed by atoms with Gasteiger partial charge in [0.05, 0.1) is 0 Å². The molecule has 1 aromatic rings. The monoisotopic (exact) mass is 221 g/mol. The summed E-state index contributed by atoms with van der Waals surface area (Å²) < 4.78 is 0. The van der Waals surface area contributed by atoms with Crippen LogP contribution in [0.25, 0.3) is 0 Å². The third-order valence-corrected chi connectivity index (χ3v) is 2.56. The highest BCUT2D eigenvalue weighted by Gasteiger charge is 2.19.